The molecule has 20 heavy (non-hydrogen) atoms. The monoisotopic (exact) mass is 269 g/mol. The lowest BCUT2D eigenvalue weighted by Crippen LogP contribution is -2.13. The van der Waals surface area contributed by atoms with Gasteiger partial charge in [-0.2, -0.15) is 0 Å². The lowest BCUT2D eigenvalue weighted by Gasteiger charge is -2.19. The van der Waals surface area contributed by atoms with Gasteiger partial charge in [-0.05, 0) is 35.6 Å². The van der Waals surface area contributed by atoms with Crippen molar-refractivity contribution in [1.29, 1.82) is 0 Å². The van der Waals surface area contributed by atoms with E-state index in [9.17, 15) is 0 Å². The van der Waals surface area contributed by atoms with E-state index in [2.05, 4.69) is 29.0 Å². The van der Waals surface area contributed by atoms with Gasteiger partial charge in [-0.1, -0.05) is 19.4 Å². The molecule has 1 aromatic carbocycles. The molecule has 0 fully saturated rings. The minimum atomic E-state index is 0.221. The van der Waals surface area contributed by atoms with E-state index in [0.717, 1.165) is 24.3 Å². The molecule has 2 N–H and O–H groups in total. The average Bonchev–Trinajstić information content (AvgIpc) is 2.85. The number of aromatic nitrogens is 2. The molecule has 4 heteroatoms. The largest absolute Gasteiger partial charge is 0.497 e. The fourth-order valence-corrected chi connectivity index (χ4v) is 3.18. The molecule has 0 unspecified atom stereocenters. The van der Waals surface area contributed by atoms with Crippen LogP contribution in [0.4, 0.5) is 5.82 Å². The van der Waals surface area contributed by atoms with Crippen molar-refractivity contribution >= 4 is 5.82 Å². The number of benzene rings is 1. The van der Waals surface area contributed by atoms with Gasteiger partial charge in [-0.25, -0.2) is 4.98 Å². The Balaban J connectivity index is 2.12. The van der Waals surface area contributed by atoms with Crippen LogP contribution in [0.5, 0.6) is 5.75 Å². The maximum absolute atomic E-state index is 6.04. The van der Waals surface area contributed by atoms with Crippen molar-refractivity contribution in [2.45, 2.75) is 25.7 Å². The number of ether oxygens (including phenoxy) is 1. The molecule has 1 heterocycles. The van der Waals surface area contributed by atoms with Crippen LogP contribution in [0.15, 0.2) is 30.6 Å². The third-order valence-corrected chi connectivity index (χ3v) is 4.22. The zero-order valence-corrected chi connectivity index (χ0v) is 11.8. The van der Waals surface area contributed by atoms with E-state index in [1.54, 1.807) is 19.5 Å². The van der Waals surface area contributed by atoms with Gasteiger partial charge in [0.25, 0.3) is 0 Å². The van der Waals surface area contributed by atoms with Gasteiger partial charge in [0.2, 0.25) is 0 Å². The fraction of sp³-hybridized carbons (Fsp3) is 0.375. The molecular formula is C16H19N3O. The molecule has 0 amide bonds. The molecule has 4 nitrogen and oxygen atoms in total. The smallest absolute Gasteiger partial charge is 0.145 e. The summed E-state index contributed by atoms with van der Waals surface area (Å²) in [6.45, 7) is 2.22. The Morgan fingerprint density at radius 3 is 2.80 bits per heavy atom. The second kappa shape index (κ2) is 5.12. The van der Waals surface area contributed by atoms with E-state index < -0.39 is 0 Å². The molecular weight excluding hydrogens is 250 g/mol. The summed E-state index contributed by atoms with van der Waals surface area (Å²) in [6, 6.07) is 6.29. The summed E-state index contributed by atoms with van der Waals surface area (Å²) in [5.41, 5.74) is 9.58. The molecule has 0 spiro atoms. The lowest BCUT2D eigenvalue weighted by atomic mass is 9.87. The van der Waals surface area contributed by atoms with Crippen molar-refractivity contribution in [3.8, 4) is 5.75 Å². The maximum atomic E-state index is 6.04. The molecule has 0 saturated carbocycles. The summed E-state index contributed by atoms with van der Waals surface area (Å²) in [5, 5.41) is 0. The van der Waals surface area contributed by atoms with Crippen molar-refractivity contribution in [2.24, 2.45) is 5.92 Å². The summed E-state index contributed by atoms with van der Waals surface area (Å²) >= 11 is 0. The third-order valence-electron chi connectivity index (χ3n) is 4.22. The van der Waals surface area contributed by atoms with Crippen molar-refractivity contribution in [3.05, 3.63) is 47.4 Å². The van der Waals surface area contributed by atoms with Crippen LogP contribution in [0.3, 0.4) is 0 Å². The first-order valence-corrected chi connectivity index (χ1v) is 6.97. The molecule has 0 aliphatic heterocycles. The molecule has 104 valence electrons. The van der Waals surface area contributed by atoms with Gasteiger partial charge in [0.05, 0.1) is 12.8 Å². The van der Waals surface area contributed by atoms with Crippen LogP contribution in [0.2, 0.25) is 0 Å². The van der Waals surface area contributed by atoms with Crippen LogP contribution in [-0.4, -0.2) is 17.1 Å². The van der Waals surface area contributed by atoms with Gasteiger partial charge < -0.3 is 10.5 Å². The second-order valence-electron chi connectivity index (χ2n) is 5.24. The molecule has 0 saturated heterocycles. The predicted molar refractivity (Wildman–Crippen MR) is 78.8 cm³/mol. The zero-order valence-electron chi connectivity index (χ0n) is 11.8. The Morgan fingerprint density at radius 1 is 1.30 bits per heavy atom. The van der Waals surface area contributed by atoms with Crippen LogP contribution in [0.25, 0.3) is 0 Å². The first-order chi connectivity index (χ1) is 9.74. The molecule has 0 radical (unpaired) electrons. The normalized spacial score (nSPS) is 20.7. The summed E-state index contributed by atoms with van der Waals surface area (Å²) in [4.78, 5) is 8.68. The van der Waals surface area contributed by atoms with E-state index in [4.69, 9.17) is 10.5 Å². The summed E-state index contributed by atoms with van der Waals surface area (Å²) < 4.78 is 5.36. The quantitative estimate of drug-likeness (QED) is 0.930. The number of nitrogens with two attached hydrogens (primary N) is 1. The average molecular weight is 269 g/mol. The highest BCUT2D eigenvalue weighted by atomic mass is 16.5. The SMILES string of the molecule is CC[C@H]1Cc2ccc(OC)cc2[C@H]1c1nccnc1N. The second-order valence-corrected chi connectivity index (χ2v) is 5.24. The van der Waals surface area contributed by atoms with Gasteiger partial charge in [0, 0.05) is 18.3 Å². The number of rotatable bonds is 3. The molecule has 2 aromatic rings. The van der Waals surface area contributed by atoms with Crippen molar-refractivity contribution < 1.29 is 4.74 Å². The van der Waals surface area contributed by atoms with E-state index in [-0.39, 0.29) is 5.92 Å². The standard InChI is InChI=1S/C16H19N3O/c1-3-10-8-11-4-5-12(20-2)9-13(11)14(10)15-16(17)19-7-6-18-15/h4-7,9-10,14H,3,8H2,1-2H3,(H2,17,19)/t10-,14-/m0/s1. The van der Waals surface area contributed by atoms with Crippen LogP contribution in [-0.2, 0) is 6.42 Å². The Bertz CT molecular complexity index is 627. The summed E-state index contributed by atoms with van der Waals surface area (Å²) in [7, 11) is 1.69. The number of fused-ring (bicyclic) bond motifs is 1. The Kier molecular flexibility index (Phi) is 3.30. The number of nitrogen functional groups attached to an aromatic ring is 1. The Labute approximate surface area is 119 Å². The summed E-state index contributed by atoms with van der Waals surface area (Å²) in [6.07, 6.45) is 5.52. The molecule has 3 rings (SSSR count). The van der Waals surface area contributed by atoms with Crippen LogP contribution in [0, 0.1) is 5.92 Å². The number of nitrogens with zero attached hydrogens (tertiary/aromatic N) is 2. The third kappa shape index (κ3) is 2.01. The predicted octanol–water partition coefficient (Wildman–Crippen LogP) is 2.78. The number of hydrogen-bond acceptors (Lipinski definition) is 4. The van der Waals surface area contributed by atoms with Gasteiger partial charge in [-0.15, -0.1) is 0 Å². The molecule has 0 bridgehead atoms. The van der Waals surface area contributed by atoms with Gasteiger partial charge in [0.1, 0.15) is 11.6 Å². The first-order valence-electron chi connectivity index (χ1n) is 6.97. The highest BCUT2D eigenvalue weighted by Gasteiger charge is 2.35. The van der Waals surface area contributed by atoms with Crippen molar-refractivity contribution in [1.82, 2.24) is 9.97 Å². The fourth-order valence-electron chi connectivity index (χ4n) is 3.18. The van der Waals surface area contributed by atoms with Crippen LogP contribution in [0.1, 0.15) is 36.1 Å². The molecule has 1 aliphatic carbocycles. The van der Waals surface area contributed by atoms with E-state index >= 15 is 0 Å². The van der Waals surface area contributed by atoms with Crippen molar-refractivity contribution in [2.75, 3.05) is 12.8 Å². The lowest BCUT2D eigenvalue weighted by molar-refractivity contribution is 0.413. The Morgan fingerprint density at radius 2 is 2.10 bits per heavy atom. The topological polar surface area (TPSA) is 61.0 Å². The van der Waals surface area contributed by atoms with Crippen LogP contribution >= 0.6 is 0 Å². The molecule has 1 aliphatic rings. The zero-order chi connectivity index (χ0) is 14.1. The minimum absolute atomic E-state index is 0.221. The van der Waals surface area contributed by atoms with Crippen LogP contribution < -0.4 is 10.5 Å². The Hall–Kier alpha value is -2.10. The molecule has 1 aromatic heterocycles. The minimum Gasteiger partial charge on any atom is -0.497 e. The van der Waals surface area contributed by atoms with E-state index in [1.165, 1.54) is 11.1 Å². The van der Waals surface area contributed by atoms with Gasteiger partial charge >= 0.3 is 0 Å². The number of methoxy groups -OCH3 is 1. The summed E-state index contributed by atoms with van der Waals surface area (Å²) in [5.74, 6) is 2.16. The van der Waals surface area contributed by atoms with Gasteiger partial charge in [0.15, 0.2) is 0 Å². The highest BCUT2D eigenvalue weighted by Crippen LogP contribution is 2.45. The maximum Gasteiger partial charge on any atom is 0.145 e. The molecule has 2 atom stereocenters. The number of hydrogen-bond donors (Lipinski definition) is 1. The first kappa shape index (κ1) is 12.9. The van der Waals surface area contributed by atoms with E-state index in [1.807, 2.05) is 6.07 Å². The number of anilines is 1. The van der Waals surface area contributed by atoms with Crippen molar-refractivity contribution in [3.63, 3.8) is 0 Å². The van der Waals surface area contributed by atoms with Gasteiger partial charge in [-0.3, -0.25) is 4.98 Å². The van der Waals surface area contributed by atoms with E-state index in [0.29, 0.717) is 11.7 Å². The highest BCUT2D eigenvalue weighted by molar-refractivity contribution is 5.50.